The molecule has 0 aliphatic carbocycles. The van der Waals surface area contributed by atoms with Crippen LogP contribution >= 0.6 is 11.8 Å². The molecule has 2 heterocycles. The molecule has 0 aliphatic rings. The van der Waals surface area contributed by atoms with E-state index in [0.29, 0.717) is 11.4 Å². The minimum absolute atomic E-state index is 0.185. The molecule has 4 rings (SSSR count). The first-order chi connectivity index (χ1) is 14.0. The lowest BCUT2D eigenvalue weighted by atomic mass is 10.2. The van der Waals surface area contributed by atoms with Gasteiger partial charge in [-0.2, -0.15) is 18.3 Å². The maximum absolute atomic E-state index is 12.2. The highest BCUT2D eigenvalue weighted by molar-refractivity contribution is 7.98. The van der Waals surface area contributed by atoms with Gasteiger partial charge >= 0.3 is 6.18 Å². The molecular weight excluding hydrogens is 401 g/mol. The molecule has 2 aromatic heterocycles. The largest absolute Gasteiger partial charge is 0.484 e. The molecule has 9 heteroatoms. The Balaban J connectivity index is 1.47. The van der Waals surface area contributed by atoms with Crippen LogP contribution in [0, 0.1) is 0 Å². The second kappa shape index (κ2) is 8.12. The van der Waals surface area contributed by atoms with Gasteiger partial charge < -0.3 is 4.74 Å². The summed E-state index contributed by atoms with van der Waals surface area (Å²) in [6.45, 7) is -1.30. The number of aromatic nitrogens is 4. The fourth-order valence-electron chi connectivity index (χ4n) is 2.69. The summed E-state index contributed by atoms with van der Waals surface area (Å²) < 4.78 is 43.1. The van der Waals surface area contributed by atoms with Crippen molar-refractivity contribution in [3.05, 3.63) is 72.7 Å². The van der Waals surface area contributed by atoms with Crippen molar-refractivity contribution in [1.29, 1.82) is 0 Å². The van der Waals surface area contributed by atoms with Crippen molar-refractivity contribution in [2.75, 3.05) is 6.61 Å². The van der Waals surface area contributed by atoms with Crippen LogP contribution in [0.15, 0.2) is 72.1 Å². The molecular formula is C20H15F3N4OS. The zero-order valence-electron chi connectivity index (χ0n) is 15.0. The Kier molecular flexibility index (Phi) is 5.39. The van der Waals surface area contributed by atoms with Crippen LogP contribution in [0.2, 0.25) is 0 Å². The minimum atomic E-state index is -4.35. The molecule has 0 amide bonds. The molecule has 29 heavy (non-hydrogen) atoms. The van der Waals surface area contributed by atoms with Gasteiger partial charge in [-0.05, 0) is 29.8 Å². The average Bonchev–Trinajstić information content (AvgIpc) is 3.16. The van der Waals surface area contributed by atoms with E-state index < -0.39 is 12.8 Å². The third kappa shape index (κ3) is 4.68. The van der Waals surface area contributed by atoms with Gasteiger partial charge in [0.05, 0.1) is 17.3 Å². The summed E-state index contributed by atoms with van der Waals surface area (Å²) in [5.74, 6) is 0.784. The number of ether oxygens (including phenoxy) is 1. The van der Waals surface area contributed by atoms with E-state index in [9.17, 15) is 13.2 Å². The van der Waals surface area contributed by atoms with E-state index in [0.717, 1.165) is 21.7 Å². The quantitative estimate of drug-likeness (QED) is 0.325. The minimum Gasteiger partial charge on any atom is -0.484 e. The smallest absolute Gasteiger partial charge is 0.422 e. The van der Waals surface area contributed by atoms with Gasteiger partial charge in [0.15, 0.2) is 12.3 Å². The van der Waals surface area contributed by atoms with Crippen LogP contribution in [0.1, 0.15) is 5.56 Å². The molecule has 148 valence electrons. The van der Waals surface area contributed by atoms with E-state index >= 15 is 0 Å². The second-order valence-electron chi connectivity index (χ2n) is 6.14. The van der Waals surface area contributed by atoms with E-state index in [-0.39, 0.29) is 5.75 Å². The highest BCUT2D eigenvalue weighted by Gasteiger charge is 2.28. The Hall–Kier alpha value is -3.07. The Morgan fingerprint density at radius 1 is 0.966 bits per heavy atom. The van der Waals surface area contributed by atoms with Crippen LogP contribution in [0.4, 0.5) is 13.2 Å². The number of para-hydroxylation sites is 1. The third-order valence-electron chi connectivity index (χ3n) is 4.03. The molecule has 0 atom stereocenters. The number of fused-ring (bicyclic) bond motifs is 1. The molecule has 0 saturated carbocycles. The fraction of sp³-hybridized carbons (Fsp3) is 0.150. The first-order valence-corrected chi connectivity index (χ1v) is 9.64. The summed E-state index contributed by atoms with van der Waals surface area (Å²) in [4.78, 5) is 8.70. The van der Waals surface area contributed by atoms with Gasteiger partial charge in [-0.15, -0.1) is 11.8 Å². The molecule has 0 bridgehead atoms. The normalized spacial score (nSPS) is 11.7. The van der Waals surface area contributed by atoms with Gasteiger partial charge in [-0.25, -0.2) is 14.6 Å². The van der Waals surface area contributed by atoms with Crippen molar-refractivity contribution in [1.82, 2.24) is 19.7 Å². The Bertz CT molecular complexity index is 1100. The standard InChI is InChI=1S/C20H15F3N4OS/c21-20(22,23)12-28-16-8-6-14(7-9-16)11-29-19-17-10-26-27(18(17)24-13-25-19)15-4-2-1-3-5-15/h1-10,13H,11-12H2. The average molecular weight is 416 g/mol. The summed E-state index contributed by atoms with van der Waals surface area (Å²) in [6, 6.07) is 16.2. The number of benzene rings is 2. The Morgan fingerprint density at radius 2 is 1.72 bits per heavy atom. The van der Waals surface area contributed by atoms with Gasteiger partial charge in [0.1, 0.15) is 17.1 Å². The van der Waals surface area contributed by atoms with Crippen molar-refractivity contribution in [3.63, 3.8) is 0 Å². The Labute approximate surface area is 168 Å². The van der Waals surface area contributed by atoms with Crippen LogP contribution in [-0.2, 0) is 5.75 Å². The van der Waals surface area contributed by atoms with Crippen molar-refractivity contribution in [3.8, 4) is 11.4 Å². The predicted octanol–water partition coefficient (Wildman–Crippen LogP) is 5.05. The van der Waals surface area contributed by atoms with E-state index in [4.69, 9.17) is 4.74 Å². The maximum Gasteiger partial charge on any atom is 0.422 e. The number of thioether (sulfide) groups is 1. The topological polar surface area (TPSA) is 52.8 Å². The van der Waals surface area contributed by atoms with E-state index in [1.165, 1.54) is 30.2 Å². The molecule has 0 unspecified atom stereocenters. The predicted molar refractivity (Wildman–Crippen MR) is 104 cm³/mol. The number of nitrogens with zero attached hydrogens (tertiary/aromatic N) is 4. The zero-order valence-corrected chi connectivity index (χ0v) is 15.8. The molecule has 0 aliphatic heterocycles. The molecule has 5 nitrogen and oxygen atoms in total. The molecule has 4 aromatic rings. The number of hydrogen-bond donors (Lipinski definition) is 0. The molecule has 2 aromatic carbocycles. The first kappa shape index (κ1) is 19.3. The van der Waals surface area contributed by atoms with Crippen molar-refractivity contribution in [2.45, 2.75) is 17.0 Å². The summed E-state index contributed by atoms with van der Waals surface area (Å²) in [7, 11) is 0. The second-order valence-corrected chi connectivity index (χ2v) is 7.11. The lowest BCUT2D eigenvalue weighted by Gasteiger charge is -2.09. The lowest BCUT2D eigenvalue weighted by Crippen LogP contribution is -2.19. The van der Waals surface area contributed by atoms with E-state index in [1.54, 1.807) is 23.0 Å². The monoisotopic (exact) mass is 416 g/mol. The van der Waals surface area contributed by atoms with E-state index in [1.807, 2.05) is 30.3 Å². The maximum atomic E-state index is 12.2. The van der Waals surface area contributed by atoms with Gasteiger partial charge in [0.25, 0.3) is 0 Å². The SMILES string of the molecule is FC(F)(F)COc1ccc(CSc2ncnc3c2cnn3-c2ccccc2)cc1. The van der Waals surface area contributed by atoms with Crippen LogP contribution in [0.25, 0.3) is 16.7 Å². The summed E-state index contributed by atoms with van der Waals surface area (Å²) in [5.41, 5.74) is 2.56. The van der Waals surface area contributed by atoms with Crippen LogP contribution < -0.4 is 4.74 Å². The lowest BCUT2D eigenvalue weighted by molar-refractivity contribution is -0.153. The van der Waals surface area contributed by atoms with Gasteiger partial charge in [-0.3, -0.25) is 0 Å². The summed E-state index contributed by atoms with van der Waals surface area (Å²) in [6.07, 6.45) is -1.12. The van der Waals surface area contributed by atoms with Gasteiger partial charge in [-0.1, -0.05) is 30.3 Å². The fourth-order valence-corrected chi connectivity index (χ4v) is 3.61. The number of alkyl halides is 3. The summed E-state index contributed by atoms with van der Waals surface area (Å²) in [5, 5.41) is 6.05. The number of rotatable bonds is 6. The van der Waals surface area contributed by atoms with Crippen LogP contribution in [0.5, 0.6) is 5.75 Å². The summed E-state index contributed by atoms with van der Waals surface area (Å²) >= 11 is 1.51. The molecule has 0 radical (unpaired) electrons. The van der Waals surface area contributed by atoms with Gasteiger partial charge in [0.2, 0.25) is 0 Å². The van der Waals surface area contributed by atoms with Crippen LogP contribution in [-0.4, -0.2) is 32.5 Å². The van der Waals surface area contributed by atoms with Gasteiger partial charge in [0, 0.05) is 5.75 Å². The first-order valence-electron chi connectivity index (χ1n) is 8.65. The molecule has 0 N–H and O–H groups in total. The Morgan fingerprint density at radius 3 is 2.45 bits per heavy atom. The third-order valence-corrected chi connectivity index (χ3v) is 5.11. The number of hydrogen-bond acceptors (Lipinski definition) is 5. The van der Waals surface area contributed by atoms with Crippen LogP contribution in [0.3, 0.4) is 0 Å². The highest BCUT2D eigenvalue weighted by Crippen LogP contribution is 2.29. The zero-order chi connectivity index (χ0) is 20.3. The van der Waals surface area contributed by atoms with Crippen molar-refractivity contribution < 1.29 is 17.9 Å². The highest BCUT2D eigenvalue weighted by atomic mass is 32.2. The molecule has 0 spiro atoms. The van der Waals surface area contributed by atoms with E-state index in [2.05, 4.69) is 15.1 Å². The van der Waals surface area contributed by atoms with Crippen molar-refractivity contribution >= 4 is 22.8 Å². The number of halogens is 3. The van der Waals surface area contributed by atoms with Crippen molar-refractivity contribution in [2.24, 2.45) is 0 Å². The molecule has 0 saturated heterocycles. The molecule has 0 fully saturated rings.